The van der Waals surface area contributed by atoms with E-state index in [9.17, 15) is 0 Å². The fraction of sp³-hybridized carbons (Fsp3) is 0.333. The molecule has 0 unspecified atom stereocenters. The van der Waals surface area contributed by atoms with Crippen LogP contribution >= 0.6 is 25.6 Å². The lowest BCUT2D eigenvalue weighted by Gasteiger charge is -1.95. The molecule has 6 heavy (non-hydrogen) atoms. The monoisotopic (exact) mass is 121 g/mol. The van der Waals surface area contributed by atoms with Gasteiger partial charge in [-0.15, -0.1) is 0 Å². The van der Waals surface area contributed by atoms with E-state index >= 15 is 0 Å². The number of allylic oxidation sites excluding steroid dienone is 1. The van der Waals surface area contributed by atoms with Crippen LogP contribution in [0.1, 0.15) is 6.92 Å². The second-order valence-electron chi connectivity index (χ2n) is 0.803. The molecule has 0 aromatic rings. The van der Waals surface area contributed by atoms with Gasteiger partial charge in [0.15, 0.2) is 0 Å². The first-order valence-corrected chi connectivity index (χ1v) is 2.37. The summed E-state index contributed by atoms with van der Waals surface area (Å²) in [7, 11) is 0. The van der Waals surface area contributed by atoms with Gasteiger partial charge in [-0.1, -0.05) is 31.7 Å². The average Bonchev–Trinajstić information content (AvgIpc) is 1.35. The minimum Gasteiger partial charge on any atom is -0.272 e. The van der Waals surface area contributed by atoms with Crippen molar-refractivity contribution in [1.82, 2.24) is 3.71 Å². The van der Waals surface area contributed by atoms with Gasteiger partial charge in [0.2, 0.25) is 0 Å². The maximum atomic E-state index is 3.79. The maximum absolute atomic E-state index is 3.79. The number of rotatable bonds is 1. The lowest BCUT2D eigenvalue weighted by Crippen LogP contribution is -1.78. The summed E-state index contributed by atoms with van der Waals surface area (Å²) in [4.78, 5) is 0. The van der Waals surface area contributed by atoms with Gasteiger partial charge in [0.1, 0.15) is 0 Å². The van der Waals surface area contributed by atoms with Gasteiger partial charge in [0.25, 0.3) is 0 Å². The molecule has 0 fully saturated rings. The first-order valence-electron chi connectivity index (χ1n) is 1.57. The molecule has 0 saturated heterocycles. The highest BCUT2D eigenvalue weighted by Crippen LogP contribution is 1.95. The van der Waals surface area contributed by atoms with Crippen LogP contribution in [0.3, 0.4) is 0 Å². The summed E-state index contributed by atoms with van der Waals surface area (Å²) in [6.45, 7) is 1.90. The normalized spacial score (nSPS) is 9.83. The first-order chi connectivity index (χ1) is 2.77. The van der Waals surface area contributed by atoms with Gasteiger partial charge in [-0.3, -0.25) is 3.71 Å². The largest absolute Gasteiger partial charge is 0.272 e. The zero-order valence-electron chi connectivity index (χ0n) is 3.50. The summed E-state index contributed by atoms with van der Waals surface area (Å²) in [6.07, 6.45) is 3.58. The van der Waals surface area contributed by atoms with Crippen LogP contribution in [0.2, 0.25) is 0 Å². The molecule has 0 radical (unpaired) electrons. The minimum absolute atomic E-state index is 1.39. The van der Waals surface area contributed by atoms with E-state index in [2.05, 4.69) is 25.6 Å². The van der Waals surface area contributed by atoms with E-state index in [4.69, 9.17) is 0 Å². The molecule has 0 amide bonds. The standard InChI is InChI=1S/C3H7NS2/c1-2-3-4(5)6/h2-3,5-6H,1H3. The molecule has 0 atom stereocenters. The summed E-state index contributed by atoms with van der Waals surface area (Å²) in [6, 6.07) is 0. The Morgan fingerprint density at radius 1 is 1.50 bits per heavy atom. The third kappa shape index (κ3) is 4.24. The van der Waals surface area contributed by atoms with Crippen LogP contribution in [0.25, 0.3) is 0 Å². The first kappa shape index (κ1) is 6.24. The van der Waals surface area contributed by atoms with Crippen molar-refractivity contribution in [3.05, 3.63) is 12.3 Å². The lowest BCUT2D eigenvalue weighted by atomic mass is 10.7. The van der Waals surface area contributed by atoms with Crippen molar-refractivity contribution in [2.45, 2.75) is 6.92 Å². The van der Waals surface area contributed by atoms with Gasteiger partial charge in [-0.25, -0.2) is 0 Å². The Bertz CT molecular complexity index is 50.8. The van der Waals surface area contributed by atoms with Gasteiger partial charge in [-0.05, 0) is 6.92 Å². The number of thiol groups is 2. The minimum atomic E-state index is 1.39. The molecule has 0 spiro atoms. The summed E-state index contributed by atoms with van der Waals surface area (Å²) >= 11 is 7.58. The van der Waals surface area contributed by atoms with E-state index in [1.807, 2.05) is 13.0 Å². The van der Waals surface area contributed by atoms with Gasteiger partial charge >= 0.3 is 0 Å². The molecule has 0 saturated carbocycles. The van der Waals surface area contributed by atoms with Crippen LogP contribution < -0.4 is 0 Å². The van der Waals surface area contributed by atoms with Crippen LogP contribution in [0, 0.1) is 0 Å². The van der Waals surface area contributed by atoms with Crippen LogP contribution in [0.15, 0.2) is 12.3 Å². The second kappa shape index (κ2) is 3.43. The number of hydrogen-bond acceptors (Lipinski definition) is 3. The summed E-state index contributed by atoms with van der Waals surface area (Å²) in [5.74, 6) is 0. The van der Waals surface area contributed by atoms with Crippen molar-refractivity contribution >= 4 is 25.6 Å². The average molecular weight is 121 g/mol. The lowest BCUT2D eigenvalue weighted by molar-refractivity contribution is 1.07. The van der Waals surface area contributed by atoms with E-state index in [0.717, 1.165) is 0 Å². The fourth-order valence-electron chi connectivity index (χ4n) is 0.133. The molecule has 0 aliphatic carbocycles. The van der Waals surface area contributed by atoms with Crippen LogP contribution in [0.4, 0.5) is 0 Å². The zero-order valence-corrected chi connectivity index (χ0v) is 5.29. The van der Waals surface area contributed by atoms with Crippen LogP contribution in [-0.4, -0.2) is 3.71 Å². The molecule has 1 nitrogen and oxygen atoms in total. The van der Waals surface area contributed by atoms with Gasteiger partial charge in [-0.2, -0.15) is 0 Å². The molecule has 0 heterocycles. The van der Waals surface area contributed by atoms with Crippen molar-refractivity contribution in [3.8, 4) is 0 Å². The predicted molar refractivity (Wildman–Crippen MR) is 34.6 cm³/mol. The topological polar surface area (TPSA) is 3.24 Å². The van der Waals surface area contributed by atoms with E-state index in [1.54, 1.807) is 6.20 Å². The molecule has 0 aromatic carbocycles. The van der Waals surface area contributed by atoms with E-state index in [-0.39, 0.29) is 0 Å². The van der Waals surface area contributed by atoms with Gasteiger partial charge in [0.05, 0.1) is 0 Å². The van der Waals surface area contributed by atoms with E-state index in [0.29, 0.717) is 0 Å². The highest BCUT2D eigenvalue weighted by molar-refractivity contribution is 7.93. The number of hydrogen-bond donors (Lipinski definition) is 2. The van der Waals surface area contributed by atoms with Crippen molar-refractivity contribution < 1.29 is 0 Å². The van der Waals surface area contributed by atoms with E-state index < -0.39 is 0 Å². The molecule has 0 N–H and O–H groups in total. The Labute approximate surface area is 49.1 Å². The zero-order chi connectivity index (χ0) is 4.99. The Balaban J connectivity index is 3.03. The fourth-order valence-corrected chi connectivity index (χ4v) is 0.400. The SMILES string of the molecule is CC=CN(S)S. The smallest absolute Gasteiger partial charge is 0.0184 e. The molecule has 0 rings (SSSR count). The summed E-state index contributed by atoms with van der Waals surface area (Å²) in [5, 5.41) is 0. The molecule has 3 heteroatoms. The molecular weight excluding hydrogens is 114 g/mol. The highest BCUT2D eigenvalue weighted by Gasteiger charge is 1.69. The molecular formula is C3H7NS2. The quantitative estimate of drug-likeness (QED) is 0.497. The summed E-state index contributed by atoms with van der Waals surface area (Å²) < 4.78 is 1.39. The van der Waals surface area contributed by atoms with Crippen molar-refractivity contribution in [2.75, 3.05) is 0 Å². The van der Waals surface area contributed by atoms with Crippen molar-refractivity contribution in [1.29, 1.82) is 0 Å². The molecule has 0 aliphatic heterocycles. The Kier molecular flexibility index (Phi) is 3.57. The summed E-state index contributed by atoms with van der Waals surface area (Å²) in [5.41, 5.74) is 0. The Morgan fingerprint density at radius 2 is 2.00 bits per heavy atom. The van der Waals surface area contributed by atoms with Crippen molar-refractivity contribution in [2.24, 2.45) is 0 Å². The third-order valence-electron chi connectivity index (χ3n) is 0.282. The molecule has 0 aromatic heterocycles. The van der Waals surface area contributed by atoms with Gasteiger partial charge < -0.3 is 0 Å². The third-order valence-corrected chi connectivity index (χ3v) is 0.549. The molecule has 0 aliphatic rings. The highest BCUT2D eigenvalue weighted by atomic mass is 32.2. The Hall–Kier alpha value is 0.240. The van der Waals surface area contributed by atoms with Crippen LogP contribution in [0.5, 0.6) is 0 Å². The van der Waals surface area contributed by atoms with Crippen molar-refractivity contribution in [3.63, 3.8) is 0 Å². The predicted octanol–water partition coefficient (Wildman–Crippen LogP) is 1.51. The van der Waals surface area contributed by atoms with E-state index in [1.165, 1.54) is 3.71 Å². The second-order valence-corrected chi connectivity index (χ2v) is 1.98. The molecule has 36 valence electrons. The maximum Gasteiger partial charge on any atom is 0.0184 e. The molecule has 0 bridgehead atoms. The number of nitrogens with zero attached hydrogens (tertiary/aromatic N) is 1. The van der Waals surface area contributed by atoms with Crippen LogP contribution in [-0.2, 0) is 0 Å². The van der Waals surface area contributed by atoms with Gasteiger partial charge in [0, 0.05) is 6.20 Å². The Morgan fingerprint density at radius 3 is 2.00 bits per heavy atom.